The van der Waals surface area contributed by atoms with Gasteiger partial charge in [0.15, 0.2) is 11.6 Å². The second-order valence-corrected chi connectivity index (χ2v) is 6.96. The van der Waals surface area contributed by atoms with E-state index in [9.17, 15) is 13.6 Å². The Bertz CT molecular complexity index is 999. The minimum absolute atomic E-state index is 0.169. The lowest BCUT2D eigenvalue weighted by molar-refractivity contribution is 0.0741. The average molecular weight is 383 g/mol. The monoisotopic (exact) mass is 383 g/mol. The van der Waals surface area contributed by atoms with Crippen molar-refractivity contribution in [3.05, 3.63) is 88.5 Å². The number of nitrogens with zero attached hydrogens (tertiary/aromatic N) is 3. The first-order valence-corrected chi connectivity index (χ1v) is 9.08. The molecule has 2 heterocycles. The van der Waals surface area contributed by atoms with Crippen LogP contribution >= 0.6 is 0 Å². The van der Waals surface area contributed by atoms with Crippen LogP contribution in [-0.2, 0) is 6.54 Å². The van der Waals surface area contributed by atoms with Gasteiger partial charge in [0.05, 0.1) is 23.8 Å². The van der Waals surface area contributed by atoms with Crippen LogP contribution in [0.5, 0.6) is 0 Å². The lowest BCUT2D eigenvalue weighted by Crippen LogP contribution is -2.30. The first-order chi connectivity index (χ1) is 13.3. The van der Waals surface area contributed by atoms with Crippen molar-refractivity contribution in [3.8, 4) is 0 Å². The van der Waals surface area contributed by atoms with Crippen molar-refractivity contribution in [1.82, 2.24) is 14.5 Å². The Labute approximate surface area is 163 Å². The molecule has 4 nitrogen and oxygen atoms in total. The number of rotatable bonds is 5. The molecule has 0 aliphatic carbocycles. The number of carbonyl (C=O) groups is 1. The number of benzene rings is 1. The summed E-state index contributed by atoms with van der Waals surface area (Å²) in [4.78, 5) is 19.0. The molecule has 0 saturated carbocycles. The molecule has 2 aromatic heterocycles. The van der Waals surface area contributed by atoms with Crippen molar-refractivity contribution in [2.75, 3.05) is 7.05 Å². The van der Waals surface area contributed by atoms with E-state index in [0.717, 1.165) is 29.2 Å². The minimum atomic E-state index is -0.918. The van der Waals surface area contributed by atoms with Gasteiger partial charge in [0.2, 0.25) is 0 Å². The molecular formula is C22H23F2N3O. The SMILES string of the molecule is Cc1cc(C(=O)N(C)C(C)c2ccc(F)c(F)c2)c(C)n1Cc1ccccn1. The number of hydrogen-bond acceptors (Lipinski definition) is 2. The molecule has 28 heavy (non-hydrogen) atoms. The molecule has 0 N–H and O–H groups in total. The van der Waals surface area contributed by atoms with Gasteiger partial charge in [-0.25, -0.2) is 8.78 Å². The molecule has 0 aliphatic rings. The van der Waals surface area contributed by atoms with Crippen LogP contribution in [0.4, 0.5) is 8.78 Å². The Morgan fingerprint density at radius 2 is 1.89 bits per heavy atom. The van der Waals surface area contributed by atoms with Gasteiger partial charge in [0.25, 0.3) is 5.91 Å². The maximum absolute atomic E-state index is 13.6. The van der Waals surface area contributed by atoms with E-state index in [4.69, 9.17) is 0 Å². The van der Waals surface area contributed by atoms with E-state index in [1.54, 1.807) is 25.1 Å². The molecule has 3 rings (SSSR count). The number of hydrogen-bond donors (Lipinski definition) is 0. The third-order valence-corrected chi connectivity index (χ3v) is 5.18. The number of pyridine rings is 1. The van der Waals surface area contributed by atoms with Gasteiger partial charge in [0.1, 0.15) is 0 Å². The van der Waals surface area contributed by atoms with Gasteiger partial charge in [-0.2, -0.15) is 0 Å². The van der Waals surface area contributed by atoms with E-state index in [-0.39, 0.29) is 5.91 Å². The smallest absolute Gasteiger partial charge is 0.255 e. The van der Waals surface area contributed by atoms with Crippen LogP contribution in [0.25, 0.3) is 0 Å². The summed E-state index contributed by atoms with van der Waals surface area (Å²) in [6.45, 7) is 6.22. The normalized spacial score (nSPS) is 12.1. The van der Waals surface area contributed by atoms with E-state index in [0.29, 0.717) is 17.7 Å². The van der Waals surface area contributed by atoms with Crippen LogP contribution in [-0.4, -0.2) is 27.4 Å². The first-order valence-electron chi connectivity index (χ1n) is 9.08. The molecule has 1 amide bonds. The van der Waals surface area contributed by atoms with Crippen molar-refractivity contribution in [2.24, 2.45) is 0 Å². The Morgan fingerprint density at radius 3 is 2.54 bits per heavy atom. The molecule has 0 radical (unpaired) electrons. The van der Waals surface area contributed by atoms with Gasteiger partial charge in [-0.05, 0) is 56.7 Å². The highest BCUT2D eigenvalue weighted by Gasteiger charge is 2.24. The Kier molecular flexibility index (Phi) is 5.58. The van der Waals surface area contributed by atoms with Gasteiger partial charge >= 0.3 is 0 Å². The molecule has 0 aliphatic heterocycles. The number of amides is 1. The quantitative estimate of drug-likeness (QED) is 0.643. The molecule has 0 spiro atoms. The molecule has 3 aromatic rings. The summed E-state index contributed by atoms with van der Waals surface area (Å²) in [5, 5.41) is 0. The highest BCUT2D eigenvalue weighted by atomic mass is 19.2. The predicted octanol–water partition coefficient (Wildman–Crippen LogP) is 4.66. The summed E-state index contributed by atoms with van der Waals surface area (Å²) in [6.07, 6.45) is 1.74. The van der Waals surface area contributed by atoms with Gasteiger partial charge < -0.3 is 9.47 Å². The Morgan fingerprint density at radius 1 is 1.14 bits per heavy atom. The first kappa shape index (κ1) is 19.7. The molecule has 1 atom stereocenters. The number of aryl methyl sites for hydroxylation is 1. The zero-order valence-corrected chi connectivity index (χ0v) is 16.4. The molecule has 146 valence electrons. The minimum Gasteiger partial charge on any atom is -0.342 e. The summed E-state index contributed by atoms with van der Waals surface area (Å²) in [5.41, 5.74) is 3.84. The van der Waals surface area contributed by atoms with Crippen molar-refractivity contribution in [1.29, 1.82) is 0 Å². The van der Waals surface area contributed by atoms with Crippen LogP contribution in [0.15, 0.2) is 48.7 Å². The summed E-state index contributed by atoms with van der Waals surface area (Å²) in [6, 6.07) is 10.9. The third kappa shape index (κ3) is 3.81. The fraction of sp³-hybridized carbons (Fsp3) is 0.273. The van der Waals surface area contributed by atoms with Gasteiger partial charge in [0, 0.05) is 24.6 Å². The summed E-state index contributed by atoms with van der Waals surface area (Å²) in [7, 11) is 1.67. The molecule has 1 unspecified atom stereocenters. The summed E-state index contributed by atoms with van der Waals surface area (Å²) in [5.74, 6) is -1.99. The molecule has 0 fully saturated rings. The number of aromatic nitrogens is 2. The fourth-order valence-corrected chi connectivity index (χ4v) is 3.28. The lowest BCUT2D eigenvalue weighted by atomic mass is 10.1. The second-order valence-electron chi connectivity index (χ2n) is 6.96. The largest absolute Gasteiger partial charge is 0.342 e. The molecule has 0 bridgehead atoms. The maximum atomic E-state index is 13.6. The highest BCUT2D eigenvalue weighted by Crippen LogP contribution is 2.25. The Balaban J connectivity index is 1.85. The third-order valence-electron chi connectivity index (χ3n) is 5.18. The Hall–Kier alpha value is -3.02. The van der Waals surface area contributed by atoms with E-state index < -0.39 is 17.7 Å². The van der Waals surface area contributed by atoms with Gasteiger partial charge in [-0.1, -0.05) is 12.1 Å². The van der Waals surface area contributed by atoms with Crippen molar-refractivity contribution in [3.63, 3.8) is 0 Å². The fourth-order valence-electron chi connectivity index (χ4n) is 3.28. The standard InChI is InChI=1S/C22H23F2N3O/c1-14-11-19(16(3)27(14)13-18-7-5-6-10-25-18)22(28)26(4)15(2)17-8-9-20(23)21(24)12-17/h5-12,15H,13H2,1-4H3. The van der Waals surface area contributed by atoms with Crippen molar-refractivity contribution < 1.29 is 13.6 Å². The summed E-state index contributed by atoms with van der Waals surface area (Å²) < 4.78 is 28.8. The zero-order chi connectivity index (χ0) is 20.4. The average Bonchev–Trinajstić information content (AvgIpc) is 2.97. The van der Waals surface area contributed by atoms with Crippen LogP contribution in [0, 0.1) is 25.5 Å². The van der Waals surface area contributed by atoms with Crippen LogP contribution in [0.3, 0.4) is 0 Å². The van der Waals surface area contributed by atoms with Crippen molar-refractivity contribution in [2.45, 2.75) is 33.4 Å². The van der Waals surface area contributed by atoms with Gasteiger partial charge in [-0.15, -0.1) is 0 Å². The van der Waals surface area contributed by atoms with E-state index in [2.05, 4.69) is 4.98 Å². The second kappa shape index (κ2) is 7.92. The van der Waals surface area contributed by atoms with Crippen LogP contribution in [0.1, 0.15) is 46.0 Å². The molecule has 0 saturated heterocycles. The van der Waals surface area contributed by atoms with E-state index in [1.165, 1.54) is 6.07 Å². The number of halogens is 2. The van der Waals surface area contributed by atoms with Crippen LogP contribution < -0.4 is 0 Å². The maximum Gasteiger partial charge on any atom is 0.255 e. The van der Waals surface area contributed by atoms with Crippen molar-refractivity contribution >= 4 is 5.91 Å². The predicted molar refractivity (Wildman–Crippen MR) is 104 cm³/mol. The lowest BCUT2D eigenvalue weighted by Gasteiger charge is -2.25. The van der Waals surface area contributed by atoms with E-state index >= 15 is 0 Å². The van der Waals surface area contributed by atoms with E-state index in [1.807, 2.05) is 42.7 Å². The topological polar surface area (TPSA) is 38.1 Å². The van der Waals surface area contributed by atoms with Crippen LogP contribution in [0.2, 0.25) is 0 Å². The molecular weight excluding hydrogens is 360 g/mol. The zero-order valence-electron chi connectivity index (χ0n) is 16.4. The number of carbonyl (C=O) groups excluding carboxylic acids is 1. The summed E-state index contributed by atoms with van der Waals surface area (Å²) >= 11 is 0. The molecule has 6 heteroatoms. The van der Waals surface area contributed by atoms with Gasteiger partial charge in [-0.3, -0.25) is 9.78 Å². The molecule has 1 aromatic carbocycles. The highest BCUT2D eigenvalue weighted by molar-refractivity contribution is 5.95.